The standard InChI is InChI=1S/C69H43N5O/c1-3-19-44(20-4-1)46-23-15-24-47(41-46)48-25-16-26-49(42-48)59-43-50(39-40-63(59)73-60-35-11-7-27-51(60)52-28-8-12-36-61(52)73)68-70-67(45-21-5-2-6-22-45)71-69(72-68)74-62-37-13-9-29-53(62)55-31-17-32-56(65(55)74)58-34-18-33-57-54-30-10-14-38-64(54)75-66(57)58/h1-43H. The van der Waals surface area contributed by atoms with Crippen LogP contribution in [-0.2, 0) is 0 Å². The van der Waals surface area contributed by atoms with E-state index in [-0.39, 0.29) is 0 Å². The van der Waals surface area contributed by atoms with Gasteiger partial charge in [0.25, 0.3) is 0 Å². The molecule has 0 saturated heterocycles. The highest BCUT2D eigenvalue weighted by Crippen LogP contribution is 2.44. The minimum atomic E-state index is 0.516. The second-order valence-electron chi connectivity index (χ2n) is 19.1. The van der Waals surface area contributed by atoms with Crippen molar-refractivity contribution >= 4 is 65.6 Å². The van der Waals surface area contributed by atoms with Crippen LogP contribution in [0.3, 0.4) is 0 Å². The first kappa shape index (κ1) is 42.5. The summed E-state index contributed by atoms with van der Waals surface area (Å²) in [6, 6.07) is 92.3. The maximum Gasteiger partial charge on any atom is 0.238 e. The number of hydrogen-bond acceptors (Lipinski definition) is 4. The molecule has 15 aromatic rings. The molecule has 6 nitrogen and oxygen atoms in total. The summed E-state index contributed by atoms with van der Waals surface area (Å²) in [4.78, 5) is 16.3. The molecule has 6 heteroatoms. The molecular formula is C69H43N5O. The number of fused-ring (bicyclic) bond motifs is 9. The largest absolute Gasteiger partial charge is 0.455 e. The monoisotopic (exact) mass is 957 g/mol. The zero-order valence-corrected chi connectivity index (χ0v) is 40.5. The fourth-order valence-corrected chi connectivity index (χ4v) is 11.4. The van der Waals surface area contributed by atoms with Gasteiger partial charge in [-0.3, -0.25) is 4.57 Å². The Hall–Kier alpha value is -10.2. The zero-order chi connectivity index (χ0) is 49.4. The third-order valence-electron chi connectivity index (χ3n) is 14.8. The number of benzene rings is 11. The number of hydrogen-bond donors (Lipinski definition) is 0. The molecule has 0 unspecified atom stereocenters. The van der Waals surface area contributed by atoms with E-state index < -0.39 is 0 Å². The molecule has 15 rings (SSSR count). The van der Waals surface area contributed by atoms with Gasteiger partial charge in [0.2, 0.25) is 5.95 Å². The summed E-state index contributed by atoms with van der Waals surface area (Å²) in [7, 11) is 0. The molecule has 0 aliphatic rings. The molecule has 11 aromatic carbocycles. The van der Waals surface area contributed by atoms with Crippen molar-refractivity contribution in [2.75, 3.05) is 0 Å². The summed E-state index contributed by atoms with van der Waals surface area (Å²) < 4.78 is 11.3. The highest BCUT2D eigenvalue weighted by Gasteiger charge is 2.24. The summed E-state index contributed by atoms with van der Waals surface area (Å²) in [6.45, 7) is 0. The van der Waals surface area contributed by atoms with Crippen LogP contribution in [0.1, 0.15) is 0 Å². The van der Waals surface area contributed by atoms with Crippen molar-refractivity contribution in [2.24, 2.45) is 0 Å². The van der Waals surface area contributed by atoms with Gasteiger partial charge in [-0.2, -0.15) is 9.97 Å². The van der Waals surface area contributed by atoms with E-state index in [0.717, 1.165) is 105 Å². The fraction of sp³-hybridized carbons (Fsp3) is 0. The van der Waals surface area contributed by atoms with Gasteiger partial charge >= 0.3 is 0 Å². The Morgan fingerprint density at radius 1 is 0.280 bits per heavy atom. The Kier molecular flexibility index (Phi) is 9.78. The molecule has 0 amide bonds. The van der Waals surface area contributed by atoms with Crippen LogP contribution in [0.5, 0.6) is 0 Å². The quantitative estimate of drug-likeness (QED) is 0.152. The Morgan fingerprint density at radius 3 is 1.45 bits per heavy atom. The van der Waals surface area contributed by atoms with Crippen LogP contribution in [-0.4, -0.2) is 24.1 Å². The molecule has 0 spiro atoms. The summed E-state index contributed by atoms with van der Waals surface area (Å²) in [5.74, 6) is 1.65. The van der Waals surface area contributed by atoms with E-state index in [1.807, 2.05) is 30.3 Å². The van der Waals surface area contributed by atoms with Gasteiger partial charge in [-0.05, 0) is 82.4 Å². The third kappa shape index (κ3) is 6.99. The summed E-state index contributed by atoms with van der Waals surface area (Å²) in [5, 5.41) is 6.75. The molecule has 0 fully saturated rings. The number of nitrogens with zero attached hydrogens (tertiary/aromatic N) is 5. The molecule has 350 valence electrons. The van der Waals surface area contributed by atoms with Gasteiger partial charge in [0.05, 0.1) is 27.8 Å². The Bertz CT molecular complexity index is 4670. The first-order chi connectivity index (χ1) is 37.2. The maximum atomic E-state index is 6.70. The third-order valence-corrected chi connectivity index (χ3v) is 14.8. The molecule has 0 N–H and O–H groups in total. The predicted molar refractivity (Wildman–Crippen MR) is 308 cm³/mol. The second-order valence-corrected chi connectivity index (χ2v) is 19.1. The highest BCUT2D eigenvalue weighted by molar-refractivity contribution is 6.17. The van der Waals surface area contributed by atoms with Crippen molar-refractivity contribution in [2.45, 2.75) is 0 Å². The topological polar surface area (TPSA) is 61.7 Å². The van der Waals surface area contributed by atoms with Crippen molar-refractivity contribution in [1.82, 2.24) is 24.1 Å². The minimum absolute atomic E-state index is 0.516. The summed E-state index contributed by atoms with van der Waals surface area (Å²) in [6.07, 6.45) is 0. The van der Waals surface area contributed by atoms with Crippen LogP contribution in [0.25, 0.3) is 144 Å². The molecule has 4 aromatic heterocycles. The van der Waals surface area contributed by atoms with Gasteiger partial charge in [0, 0.05) is 60.1 Å². The summed E-state index contributed by atoms with van der Waals surface area (Å²) >= 11 is 0. The molecule has 0 bridgehead atoms. The van der Waals surface area contributed by atoms with E-state index in [9.17, 15) is 0 Å². The molecule has 4 heterocycles. The smallest absolute Gasteiger partial charge is 0.238 e. The van der Waals surface area contributed by atoms with Crippen LogP contribution >= 0.6 is 0 Å². The van der Waals surface area contributed by atoms with Gasteiger partial charge < -0.3 is 8.98 Å². The van der Waals surface area contributed by atoms with Crippen LogP contribution in [0, 0.1) is 0 Å². The Labute approximate surface area is 431 Å². The van der Waals surface area contributed by atoms with E-state index in [0.29, 0.717) is 17.6 Å². The minimum Gasteiger partial charge on any atom is -0.455 e. The second kappa shape index (κ2) is 17.3. The number of para-hydroxylation sites is 6. The highest BCUT2D eigenvalue weighted by atomic mass is 16.3. The van der Waals surface area contributed by atoms with E-state index >= 15 is 0 Å². The van der Waals surface area contributed by atoms with Crippen LogP contribution in [0.4, 0.5) is 0 Å². The van der Waals surface area contributed by atoms with Gasteiger partial charge in [-0.1, -0.05) is 206 Å². The van der Waals surface area contributed by atoms with Gasteiger partial charge in [0.15, 0.2) is 11.6 Å². The molecule has 0 atom stereocenters. The molecule has 0 radical (unpaired) electrons. The van der Waals surface area contributed by atoms with Crippen molar-refractivity contribution in [3.8, 4) is 78.9 Å². The van der Waals surface area contributed by atoms with E-state index in [2.05, 4.69) is 240 Å². The molecule has 75 heavy (non-hydrogen) atoms. The lowest BCUT2D eigenvalue weighted by atomic mass is 9.94. The lowest BCUT2D eigenvalue weighted by molar-refractivity contribution is 0.670. The van der Waals surface area contributed by atoms with Gasteiger partial charge in [-0.25, -0.2) is 4.98 Å². The maximum absolute atomic E-state index is 6.70. The van der Waals surface area contributed by atoms with Crippen molar-refractivity contribution in [1.29, 1.82) is 0 Å². The van der Waals surface area contributed by atoms with Crippen LogP contribution < -0.4 is 0 Å². The molecule has 0 aliphatic carbocycles. The number of aromatic nitrogens is 5. The Morgan fingerprint density at radius 2 is 0.760 bits per heavy atom. The average Bonchev–Trinajstić information content (AvgIpc) is 4.16. The molecular weight excluding hydrogens is 915 g/mol. The van der Waals surface area contributed by atoms with Gasteiger partial charge in [0.1, 0.15) is 11.2 Å². The lowest BCUT2D eigenvalue weighted by Gasteiger charge is -2.17. The SMILES string of the molecule is c1ccc(-c2cccc(-c3cccc(-c4cc(-c5nc(-c6ccccc6)nc(-n6c7ccccc7c7cccc(-c8cccc9c8oc8ccccc89)c76)n5)ccc4-n4c5ccccc5c5ccccc54)c3)c2)cc1. The lowest BCUT2D eigenvalue weighted by Crippen LogP contribution is -2.07. The predicted octanol–water partition coefficient (Wildman–Crippen LogP) is 18.0. The first-order valence-electron chi connectivity index (χ1n) is 25.3. The van der Waals surface area contributed by atoms with E-state index in [4.69, 9.17) is 19.4 Å². The normalized spacial score (nSPS) is 11.7. The van der Waals surface area contributed by atoms with Gasteiger partial charge in [-0.15, -0.1) is 0 Å². The van der Waals surface area contributed by atoms with Crippen molar-refractivity contribution in [3.05, 3.63) is 261 Å². The summed E-state index contributed by atoms with van der Waals surface area (Å²) in [5.41, 5.74) is 17.5. The molecule has 0 saturated carbocycles. The van der Waals surface area contributed by atoms with Crippen LogP contribution in [0.15, 0.2) is 265 Å². The number of furan rings is 1. The fourth-order valence-electron chi connectivity index (χ4n) is 11.4. The average molecular weight is 958 g/mol. The first-order valence-corrected chi connectivity index (χ1v) is 25.3. The zero-order valence-electron chi connectivity index (χ0n) is 40.5. The van der Waals surface area contributed by atoms with E-state index in [1.54, 1.807) is 0 Å². The van der Waals surface area contributed by atoms with Crippen molar-refractivity contribution < 1.29 is 4.42 Å². The van der Waals surface area contributed by atoms with Crippen molar-refractivity contribution in [3.63, 3.8) is 0 Å². The van der Waals surface area contributed by atoms with Crippen LogP contribution in [0.2, 0.25) is 0 Å². The molecule has 0 aliphatic heterocycles. The van der Waals surface area contributed by atoms with E-state index in [1.165, 1.54) is 21.9 Å². The Balaban J connectivity index is 0.978. The number of rotatable bonds is 8.